The summed E-state index contributed by atoms with van der Waals surface area (Å²) in [6.45, 7) is 4.54. The van der Waals surface area contributed by atoms with Gasteiger partial charge in [-0.25, -0.2) is 0 Å². The van der Waals surface area contributed by atoms with Crippen molar-refractivity contribution in [3.05, 3.63) is 17.5 Å². The largest absolute Gasteiger partial charge is 0.481 e. The van der Waals surface area contributed by atoms with Gasteiger partial charge in [0, 0.05) is 18.7 Å². The third-order valence-electron chi connectivity index (χ3n) is 2.77. The SMILES string of the molecule is CCc1cc(CC(C(=O)O)C(=O)OC)n(CC)n1. The predicted molar refractivity (Wildman–Crippen MR) is 64.1 cm³/mol. The van der Waals surface area contributed by atoms with Crippen LogP contribution in [0.25, 0.3) is 0 Å². The minimum absolute atomic E-state index is 0.100. The predicted octanol–water partition coefficient (Wildman–Crippen LogP) is 0.882. The molecule has 1 unspecified atom stereocenters. The Morgan fingerprint density at radius 3 is 2.61 bits per heavy atom. The van der Waals surface area contributed by atoms with E-state index < -0.39 is 17.9 Å². The average Bonchev–Trinajstić information content (AvgIpc) is 2.76. The van der Waals surface area contributed by atoms with Gasteiger partial charge in [-0.3, -0.25) is 14.3 Å². The third-order valence-corrected chi connectivity index (χ3v) is 2.77. The standard InChI is InChI=1S/C12H18N2O4/c1-4-8-6-9(14(5-2)13-8)7-10(11(15)16)12(17)18-3/h6,10H,4-5,7H2,1-3H3,(H,15,16). The quantitative estimate of drug-likeness (QED) is 0.602. The monoisotopic (exact) mass is 254 g/mol. The second-order valence-corrected chi connectivity index (χ2v) is 3.91. The highest BCUT2D eigenvalue weighted by atomic mass is 16.5. The lowest BCUT2D eigenvalue weighted by Gasteiger charge is -2.10. The number of esters is 1. The van der Waals surface area contributed by atoms with E-state index in [1.165, 1.54) is 7.11 Å². The first-order valence-electron chi connectivity index (χ1n) is 5.89. The number of hydrogen-bond donors (Lipinski definition) is 1. The molecule has 1 aromatic rings. The first-order valence-corrected chi connectivity index (χ1v) is 5.89. The van der Waals surface area contributed by atoms with Gasteiger partial charge in [0.05, 0.1) is 12.8 Å². The zero-order valence-electron chi connectivity index (χ0n) is 10.8. The Hall–Kier alpha value is -1.85. The Morgan fingerprint density at radius 2 is 2.17 bits per heavy atom. The van der Waals surface area contributed by atoms with E-state index in [4.69, 9.17) is 5.11 Å². The molecule has 100 valence electrons. The molecule has 18 heavy (non-hydrogen) atoms. The maximum absolute atomic E-state index is 11.4. The van der Waals surface area contributed by atoms with Gasteiger partial charge in [0.15, 0.2) is 5.92 Å². The summed E-state index contributed by atoms with van der Waals surface area (Å²) < 4.78 is 6.22. The number of hydrogen-bond acceptors (Lipinski definition) is 4. The van der Waals surface area contributed by atoms with Gasteiger partial charge in [0.2, 0.25) is 0 Å². The first kappa shape index (κ1) is 14.2. The Labute approximate surface area is 106 Å². The van der Waals surface area contributed by atoms with E-state index in [-0.39, 0.29) is 6.42 Å². The molecule has 0 aliphatic rings. The van der Waals surface area contributed by atoms with E-state index in [1.807, 2.05) is 19.9 Å². The molecule has 1 rings (SSSR count). The molecule has 0 fully saturated rings. The molecule has 0 aliphatic heterocycles. The van der Waals surface area contributed by atoms with Crippen LogP contribution in [-0.4, -0.2) is 33.9 Å². The third kappa shape index (κ3) is 3.09. The fourth-order valence-corrected chi connectivity index (χ4v) is 1.75. The van der Waals surface area contributed by atoms with Gasteiger partial charge >= 0.3 is 11.9 Å². The first-order chi connectivity index (χ1) is 8.53. The molecule has 1 atom stereocenters. The zero-order chi connectivity index (χ0) is 13.7. The molecular weight excluding hydrogens is 236 g/mol. The molecule has 0 bridgehead atoms. The fraction of sp³-hybridized carbons (Fsp3) is 0.583. The number of nitrogens with zero attached hydrogens (tertiary/aromatic N) is 2. The van der Waals surface area contributed by atoms with Crippen LogP contribution >= 0.6 is 0 Å². The lowest BCUT2D eigenvalue weighted by atomic mass is 10.0. The van der Waals surface area contributed by atoms with Gasteiger partial charge in [0.1, 0.15) is 0 Å². The van der Waals surface area contributed by atoms with Crippen molar-refractivity contribution in [2.24, 2.45) is 5.92 Å². The van der Waals surface area contributed by atoms with E-state index in [0.717, 1.165) is 17.8 Å². The number of carboxylic acids is 1. The van der Waals surface area contributed by atoms with Gasteiger partial charge in [-0.2, -0.15) is 5.10 Å². The van der Waals surface area contributed by atoms with E-state index >= 15 is 0 Å². The average molecular weight is 254 g/mol. The number of ether oxygens (including phenoxy) is 1. The maximum atomic E-state index is 11.4. The number of aryl methyl sites for hydroxylation is 2. The summed E-state index contributed by atoms with van der Waals surface area (Å²) in [7, 11) is 1.19. The topological polar surface area (TPSA) is 81.4 Å². The highest BCUT2D eigenvalue weighted by Crippen LogP contribution is 2.13. The summed E-state index contributed by atoms with van der Waals surface area (Å²) in [5, 5.41) is 13.3. The van der Waals surface area contributed by atoms with Gasteiger partial charge in [-0.05, 0) is 19.4 Å². The summed E-state index contributed by atoms with van der Waals surface area (Å²) in [5.41, 5.74) is 1.63. The molecule has 0 aromatic carbocycles. The van der Waals surface area contributed by atoms with Crippen molar-refractivity contribution in [3.8, 4) is 0 Å². The van der Waals surface area contributed by atoms with Crippen LogP contribution in [0, 0.1) is 5.92 Å². The lowest BCUT2D eigenvalue weighted by molar-refractivity contribution is -0.156. The zero-order valence-corrected chi connectivity index (χ0v) is 10.8. The Kier molecular flexibility index (Phi) is 4.88. The molecule has 0 spiro atoms. The highest BCUT2D eigenvalue weighted by Gasteiger charge is 2.28. The van der Waals surface area contributed by atoms with E-state index in [9.17, 15) is 9.59 Å². The molecule has 0 radical (unpaired) electrons. The van der Waals surface area contributed by atoms with Crippen LogP contribution in [0.3, 0.4) is 0 Å². The van der Waals surface area contributed by atoms with Gasteiger partial charge in [-0.1, -0.05) is 6.92 Å². The second-order valence-electron chi connectivity index (χ2n) is 3.91. The second kappa shape index (κ2) is 6.18. The minimum atomic E-state index is -1.18. The summed E-state index contributed by atoms with van der Waals surface area (Å²) in [6.07, 6.45) is 0.874. The van der Waals surface area contributed by atoms with Crippen molar-refractivity contribution in [1.29, 1.82) is 0 Å². The smallest absolute Gasteiger partial charge is 0.320 e. The number of aromatic nitrogens is 2. The fourth-order valence-electron chi connectivity index (χ4n) is 1.75. The summed E-state index contributed by atoms with van der Waals surface area (Å²) in [4.78, 5) is 22.5. The molecule has 1 N–H and O–H groups in total. The van der Waals surface area contributed by atoms with Crippen LogP contribution in [0.2, 0.25) is 0 Å². The number of carboxylic acid groups (broad SMARTS) is 1. The highest BCUT2D eigenvalue weighted by molar-refractivity contribution is 5.94. The molecule has 0 aliphatic carbocycles. The minimum Gasteiger partial charge on any atom is -0.481 e. The van der Waals surface area contributed by atoms with Crippen molar-refractivity contribution < 1.29 is 19.4 Å². The van der Waals surface area contributed by atoms with Gasteiger partial charge < -0.3 is 9.84 Å². The van der Waals surface area contributed by atoms with Crippen LogP contribution in [0.5, 0.6) is 0 Å². The van der Waals surface area contributed by atoms with Crippen molar-refractivity contribution in [3.63, 3.8) is 0 Å². The lowest BCUT2D eigenvalue weighted by Crippen LogP contribution is -2.28. The van der Waals surface area contributed by atoms with Crippen LogP contribution < -0.4 is 0 Å². The molecule has 6 heteroatoms. The Balaban J connectivity index is 2.96. The van der Waals surface area contributed by atoms with E-state index in [1.54, 1.807) is 4.68 Å². The molecule has 1 aromatic heterocycles. The van der Waals surface area contributed by atoms with Crippen molar-refractivity contribution >= 4 is 11.9 Å². The summed E-state index contributed by atoms with van der Waals surface area (Å²) >= 11 is 0. The molecule has 0 saturated carbocycles. The Bertz CT molecular complexity index is 439. The van der Waals surface area contributed by atoms with Gasteiger partial charge in [0.25, 0.3) is 0 Å². The van der Waals surface area contributed by atoms with Crippen molar-refractivity contribution in [2.75, 3.05) is 7.11 Å². The summed E-state index contributed by atoms with van der Waals surface area (Å²) in [5.74, 6) is -3.09. The number of aliphatic carboxylic acids is 1. The van der Waals surface area contributed by atoms with Crippen molar-refractivity contribution in [2.45, 2.75) is 33.2 Å². The molecule has 6 nitrogen and oxygen atoms in total. The molecular formula is C12H18N2O4. The molecule has 0 amide bonds. The number of carbonyl (C=O) groups is 2. The number of methoxy groups -OCH3 is 1. The van der Waals surface area contributed by atoms with E-state index in [2.05, 4.69) is 9.84 Å². The van der Waals surface area contributed by atoms with E-state index in [0.29, 0.717) is 6.54 Å². The Morgan fingerprint density at radius 1 is 1.50 bits per heavy atom. The summed E-state index contributed by atoms with van der Waals surface area (Å²) in [6, 6.07) is 1.84. The van der Waals surface area contributed by atoms with Crippen LogP contribution in [0.4, 0.5) is 0 Å². The molecule has 0 saturated heterocycles. The maximum Gasteiger partial charge on any atom is 0.320 e. The normalized spacial score (nSPS) is 12.2. The van der Waals surface area contributed by atoms with Gasteiger partial charge in [-0.15, -0.1) is 0 Å². The number of carbonyl (C=O) groups excluding carboxylic acids is 1. The van der Waals surface area contributed by atoms with Crippen molar-refractivity contribution in [1.82, 2.24) is 9.78 Å². The van der Waals surface area contributed by atoms with Crippen LogP contribution in [0.1, 0.15) is 25.2 Å². The number of rotatable bonds is 6. The van der Waals surface area contributed by atoms with Crippen LogP contribution in [-0.2, 0) is 33.7 Å². The van der Waals surface area contributed by atoms with Crippen LogP contribution in [0.15, 0.2) is 6.07 Å². The molecule has 1 heterocycles.